The number of ether oxygens (including phenoxy) is 1. The summed E-state index contributed by atoms with van der Waals surface area (Å²) in [5.41, 5.74) is 0.179. The lowest BCUT2D eigenvalue weighted by atomic mass is 10.1. The van der Waals surface area contributed by atoms with E-state index < -0.39 is 29.6 Å². The molecule has 1 aliphatic carbocycles. The van der Waals surface area contributed by atoms with E-state index in [1.54, 1.807) is 0 Å². The average molecular weight is 311 g/mol. The highest BCUT2D eigenvalue weighted by atomic mass is 19.1. The van der Waals surface area contributed by atoms with Gasteiger partial charge in [0.15, 0.2) is 6.04 Å². The fourth-order valence-electron chi connectivity index (χ4n) is 2.90. The second-order valence-electron chi connectivity index (χ2n) is 5.58. The first kappa shape index (κ1) is 14.9. The van der Waals surface area contributed by atoms with E-state index in [2.05, 4.69) is 0 Å². The molecule has 1 aromatic rings. The van der Waals surface area contributed by atoms with E-state index in [1.807, 2.05) is 0 Å². The van der Waals surface area contributed by atoms with Crippen LogP contribution < -0.4 is 0 Å². The van der Waals surface area contributed by atoms with Crippen molar-refractivity contribution in [2.24, 2.45) is 5.92 Å². The Bertz CT molecular complexity index is 622. The Kier molecular flexibility index (Phi) is 3.82. The second kappa shape index (κ2) is 5.64. The minimum Gasteiger partial charge on any atom is -0.480 e. The topological polar surface area (TPSA) is 66.8 Å². The summed E-state index contributed by atoms with van der Waals surface area (Å²) >= 11 is 0. The number of rotatable bonds is 3. The summed E-state index contributed by atoms with van der Waals surface area (Å²) in [6, 6.07) is 2.15. The molecule has 1 aliphatic heterocycles. The van der Waals surface area contributed by atoms with Gasteiger partial charge >= 0.3 is 5.97 Å². The van der Waals surface area contributed by atoms with Crippen LogP contribution in [0.25, 0.3) is 0 Å². The van der Waals surface area contributed by atoms with Crippen LogP contribution in [0.15, 0.2) is 18.2 Å². The number of morpholine rings is 1. The zero-order chi connectivity index (χ0) is 15.9. The van der Waals surface area contributed by atoms with Gasteiger partial charge in [-0.05, 0) is 36.1 Å². The third-order valence-electron chi connectivity index (χ3n) is 4.16. The minimum atomic E-state index is -1.12. The minimum absolute atomic E-state index is 0.0488. The molecule has 1 saturated heterocycles. The molecule has 1 aromatic carbocycles. The van der Waals surface area contributed by atoms with Gasteiger partial charge < -0.3 is 14.7 Å². The standard InChI is InChI=1S/C15H15F2NO4/c16-8-1-2-12(17)10(5-8)9-6-11(9)14(19)18-3-4-22-7-13(18)15(20)21/h1-2,5,9,11,13H,3-4,6-7H2,(H,20,21)/t9-,11+,13+/m1/s1. The summed E-state index contributed by atoms with van der Waals surface area (Å²) in [5, 5.41) is 9.14. The first-order valence-corrected chi connectivity index (χ1v) is 7.05. The van der Waals surface area contributed by atoms with Crippen LogP contribution in [0.3, 0.4) is 0 Å². The molecule has 7 heteroatoms. The van der Waals surface area contributed by atoms with Gasteiger partial charge in [-0.3, -0.25) is 4.79 Å². The van der Waals surface area contributed by atoms with Crippen LogP contribution in [0.4, 0.5) is 8.78 Å². The van der Waals surface area contributed by atoms with Gasteiger partial charge in [-0.2, -0.15) is 0 Å². The highest BCUT2D eigenvalue weighted by molar-refractivity contribution is 5.88. The largest absolute Gasteiger partial charge is 0.480 e. The molecule has 3 atom stereocenters. The molecule has 0 bridgehead atoms. The van der Waals surface area contributed by atoms with Crippen molar-refractivity contribution in [2.75, 3.05) is 19.8 Å². The molecule has 5 nitrogen and oxygen atoms in total. The Morgan fingerprint density at radius 3 is 2.82 bits per heavy atom. The predicted octanol–water partition coefficient (Wildman–Crippen LogP) is 1.38. The zero-order valence-corrected chi connectivity index (χ0v) is 11.7. The Morgan fingerprint density at radius 1 is 1.32 bits per heavy atom. The molecule has 2 aliphatic rings. The summed E-state index contributed by atoms with van der Waals surface area (Å²) in [6.07, 6.45) is 0.406. The Balaban J connectivity index is 1.74. The maximum absolute atomic E-state index is 13.7. The number of carboxylic acids is 1. The van der Waals surface area contributed by atoms with Gasteiger partial charge in [-0.25, -0.2) is 13.6 Å². The number of nitrogens with zero attached hydrogens (tertiary/aromatic N) is 1. The van der Waals surface area contributed by atoms with E-state index in [0.29, 0.717) is 6.42 Å². The van der Waals surface area contributed by atoms with Crippen LogP contribution in [0.1, 0.15) is 17.9 Å². The maximum Gasteiger partial charge on any atom is 0.328 e. The summed E-state index contributed by atoms with van der Waals surface area (Å²) in [5.74, 6) is -3.42. The quantitative estimate of drug-likeness (QED) is 0.916. The maximum atomic E-state index is 13.7. The molecular formula is C15H15F2NO4. The summed E-state index contributed by atoms with van der Waals surface area (Å²) in [4.78, 5) is 24.9. The van der Waals surface area contributed by atoms with E-state index >= 15 is 0 Å². The number of hydrogen-bond acceptors (Lipinski definition) is 3. The average Bonchev–Trinajstić information content (AvgIpc) is 3.29. The zero-order valence-electron chi connectivity index (χ0n) is 11.7. The van der Waals surface area contributed by atoms with Crippen molar-refractivity contribution in [2.45, 2.75) is 18.4 Å². The number of carboxylic acid groups (broad SMARTS) is 1. The number of amides is 1. The van der Waals surface area contributed by atoms with Crippen LogP contribution in [-0.2, 0) is 14.3 Å². The van der Waals surface area contributed by atoms with Gasteiger partial charge in [0.05, 0.1) is 13.2 Å². The molecule has 1 amide bonds. The molecular weight excluding hydrogens is 296 g/mol. The third-order valence-corrected chi connectivity index (χ3v) is 4.16. The van der Waals surface area contributed by atoms with Crippen molar-refractivity contribution in [1.82, 2.24) is 4.90 Å². The molecule has 0 aromatic heterocycles. The number of benzene rings is 1. The molecule has 22 heavy (non-hydrogen) atoms. The molecule has 1 saturated carbocycles. The normalized spacial score (nSPS) is 27.5. The third kappa shape index (κ3) is 2.68. The van der Waals surface area contributed by atoms with Gasteiger partial charge in [0.2, 0.25) is 5.91 Å². The Hall–Kier alpha value is -2.02. The number of halogens is 2. The van der Waals surface area contributed by atoms with Crippen molar-refractivity contribution in [3.05, 3.63) is 35.4 Å². The van der Waals surface area contributed by atoms with E-state index in [9.17, 15) is 18.4 Å². The summed E-state index contributed by atoms with van der Waals surface area (Å²) in [7, 11) is 0. The Morgan fingerprint density at radius 2 is 2.09 bits per heavy atom. The molecule has 1 N–H and O–H groups in total. The van der Waals surface area contributed by atoms with E-state index in [-0.39, 0.29) is 37.1 Å². The molecule has 118 valence electrons. The molecule has 0 spiro atoms. The smallest absolute Gasteiger partial charge is 0.328 e. The first-order chi connectivity index (χ1) is 10.5. The van der Waals surface area contributed by atoms with Gasteiger partial charge in [0, 0.05) is 12.5 Å². The molecule has 2 fully saturated rings. The molecule has 0 radical (unpaired) electrons. The van der Waals surface area contributed by atoms with E-state index in [4.69, 9.17) is 9.84 Å². The first-order valence-electron chi connectivity index (χ1n) is 7.05. The van der Waals surface area contributed by atoms with Crippen LogP contribution in [-0.4, -0.2) is 47.7 Å². The molecule has 3 rings (SSSR count). The second-order valence-corrected chi connectivity index (χ2v) is 5.58. The molecule has 1 heterocycles. The van der Waals surface area contributed by atoms with Crippen LogP contribution >= 0.6 is 0 Å². The van der Waals surface area contributed by atoms with E-state index in [1.165, 1.54) is 4.90 Å². The van der Waals surface area contributed by atoms with Gasteiger partial charge in [-0.1, -0.05) is 0 Å². The van der Waals surface area contributed by atoms with Crippen molar-refractivity contribution >= 4 is 11.9 Å². The van der Waals surface area contributed by atoms with Crippen molar-refractivity contribution in [3.8, 4) is 0 Å². The summed E-state index contributed by atoms with van der Waals surface area (Å²) in [6.45, 7) is 0.429. The highest BCUT2D eigenvalue weighted by Crippen LogP contribution is 2.49. The van der Waals surface area contributed by atoms with Crippen LogP contribution in [0, 0.1) is 17.6 Å². The number of hydrogen-bond donors (Lipinski definition) is 1. The SMILES string of the molecule is O=C(O)[C@@H]1COCCN1C(=O)[C@H]1C[C@@H]1c1cc(F)ccc1F. The van der Waals surface area contributed by atoms with Crippen LogP contribution in [0.5, 0.6) is 0 Å². The fraction of sp³-hybridized carbons (Fsp3) is 0.467. The lowest BCUT2D eigenvalue weighted by Gasteiger charge is -2.33. The van der Waals surface area contributed by atoms with E-state index in [0.717, 1.165) is 18.2 Å². The van der Waals surface area contributed by atoms with Crippen molar-refractivity contribution in [1.29, 1.82) is 0 Å². The highest BCUT2D eigenvalue weighted by Gasteiger charge is 2.49. The van der Waals surface area contributed by atoms with Gasteiger partial charge in [0.25, 0.3) is 0 Å². The fourth-order valence-corrected chi connectivity index (χ4v) is 2.90. The van der Waals surface area contributed by atoms with Crippen molar-refractivity contribution < 1.29 is 28.2 Å². The summed E-state index contributed by atoms with van der Waals surface area (Å²) < 4.78 is 32.1. The number of carbonyl (C=O) groups excluding carboxylic acids is 1. The monoisotopic (exact) mass is 311 g/mol. The lowest BCUT2D eigenvalue weighted by Crippen LogP contribution is -2.53. The van der Waals surface area contributed by atoms with Crippen LogP contribution in [0.2, 0.25) is 0 Å². The Labute approximate surface area is 125 Å². The van der Waals surface area contributed by atoms with Gasteiger partial charge in [-0.15, -0.1) is 0 Å². The number of aliphatic carboxylic acids is 1. The van der Waals surface area contributed by atoms with Gasteiger partial charge in [0.1, 0.15) is 11.6 Å². The lowest BCUT2D eigenvalue weighted by molar-refractivity contribution is -0.158. The molecule has 0 unspecified atom stereocenters. The predicted molar refractivity (Wildman–Crippen MR) is 71.2 cm³/mol. The number of carbonyl (C=O) groups is 2. The van der Waals surface area contributed by atoms with Crippen molar-refractivity contribution in [3.63, 3.8) is 0 Å².